The largest absolute Gasteiger partial charge is 0.353 e. The minimum atomic E-state index is -0.0175. The Morgan fingerprint density at radius 1 is 1.12 bits per heavy atom. The Hall–Kier alpha value is -0.120. The Balaban J connectivity index is 1.61. The molecule has 0 aliphatic heterocycles. The molecule has 2 fully saturated rings. The third-order valence-electron chi connectivity index (χ3n) is 4.23. The Bertz CT molecular complexity index is 216. The fraction of sp³-hybridized carbons (Fsp3) is 1.00. The second-order valence-electron chi connectivity index (χ2n) is 5.36. The molecule has 2 saturated carbocycles. The zero-order chi connectivity index (χ0) is 12.1. The van der Waals surface area contributed by atoms with E-state index in [1.54, 1.807) is 0 Å². The molecule has 0 saturated heterocycles. The number of fused-ring (bicyclic) bond motifs is 2. The van der Waals surface area contributed by atoms with Gasteiger partial charge < -0.3 is 14.8 Å². The van der Waals surface area contributed by atoms with E-state index in [-0.39, 0.29) is 6.29 Å². The van der Waals surface area contributed by atoms with Gasteiger partial charge in [-0.1, -0.05) is 6.42 Å². The van der Waals surface area contributed by atoms with Gasteiger partial charge in [-0.3, -0.25) is 0 Å². The highest BCUT2D eigenvalue weighted by Gasteiger charge is 2.38. The summed E-state index contributed by atoms with van der Waals surface area (Å²) in [5.74, 6) is 1.98. The van der Waals surface area contributed by atoms with Gasteiger partial charge in [0.25, 0.3) is 0 Å². The quantitative estimate of drug-likeness (QED) is 0.662. The summed E-state index contributed by atoms with van der Waals surface area (Å²) in [6.45, 7) is 6.54. The maximum atomic E-state index is 5.55. The molecular formula is C14H27NO2. The van der Waals surface area contributed by atoms with E-state index < -0.39 is 0 Å². The molecule has 17 heavy (non-hydrogen) atoms. The second kappa shape index (κ2) is 6.72. The number of rotatable bonds is 8. The Labute approximate surface area is 105 Å². The smallest absolute Gasteiger partial charge is 0.158 e. The lowest BCUT2D eigenvalue weighted by Gasteiger charge is -2.24. The van der Waals surface area contributed by atoms with Crippen LogP contribution in [0.3, 0.4) is 0 Å². The number of hydrogen-bond donors (Lipinski definition) is 1. The molecule has 0 aromatic rings. The number of ether oxygens (including phenoxy) is 2. The highest BCUT2D eigenvalue weighted by Crippen LogP contribution is 2.44. The third-order valence-corrected chi connectivity index (χ3v) is 4.23. The Morgan fingerprint density at radius 3 is 2.41 bits per heavy atom. The van der Waals surface area contributed by atoms with Crippen molar-refractivity contribution < 1.29 is 9.47 Å². The third kappa shape index (κ3) is 3.67. The van der Waals surface area contributed by atoms with Crippen LogP contribution in [0, 0.1) is 11.8 Å². The molecule has 0 aromatic heterocycles. The predicted molar refractivity (Wildman–Crippen MR) is 68.9 cm³/mol. The van der Waals surface area contributed by atoms with Crippen molar-refractivity contribution in [2.24, 2.45) is 11.8 Å². The monoisotopic (exact) mass is 241 g/mol. The van der Waals surface area contributed by atoms with Crippen molar-refractivity contribution in [3.05, 3.63) is 0 Å². The van der Waals surface area contributed by atoms with Gasteiger partial charge in [0, 0.05) is 32.2 Å². The predicted octanol–water partition coefficient (Wildman–Crippen LogP) is 2.55. The zero-order valence-corrected chi connectivity index (χ0v) is 11.3. The van der Waals surface area contributed by atoms with Gasteiger partial charge in [0.05, 0.1) is 0 Å². The summed E-state index contributed by atoms with van der Waals surface area (Å²) in [5, 5.41) is 3.70. The minimum absolute atomic E-state index is 0.0175. The summed E-state index contributed by atoms with van der Waals surface area (Å²) >= 11 is 0. The van der Waals surface area contributed by atoms with Crippen LogP contribution < -0.4 is 5.32 Å². The normalized spacial score (nSPS) is 31.6. The molecule has 1 N–H and O–H groups in total. The van der Waals surface area contributed by atoms with Gasteiger partial charge in [0.2, 0.25) is 0 Å². The number of nitrogens with one attached hydrogen (secondary N) is 1. The van der Waals surface area contributed by atoms with Crippen molar-refractivity contribution >= 4 is 0 Å². The van der Waals surface area contributed by atoms with Gasteiger partial charge in [-0.2, -0.15) is 0 Å². The minimum Gasteiger partial charge on any atom is -0.353 e. The molecule has 3 unspecified atom stereocenters. The zero-order valence-electron chi connectivity index (χ0n) is 11.3. The van der Waals surface area contributed by atoms with Crippen LogP contribution in [-0.4, -0.2) is 32.1 Å². The topological polar surface area (TPSA) is 30.5 Å². The summed E-state index contributed by atoms with van der Waals surface area (Å²) in [6, 6.07) is 0.776. The van der Waals surface area contributed by atoms with E-state index in [0.717, 1.165) is 44.1 Å². The lowest BCUT2D eigenvalue weighted by molar-refractivity contribution is -0.138. The summed E-state index contributed by atoms with van der Waals surface area (Å²) in [5.41, 5.74) is 0. The first-order valence-electron chi connectivity index (χ1n) is 7.30. The van der Waals surface area contributed by atoms with Crippen LogP contribution in [0.25, 0.3) is 0 Å². The van der Waals surface area contributed by atoms with Gasteiger partial charge in [0.1, 0.15) is 0 Å². The fourth-order valence-corrected chi connectivity index (χ4v) is 3.47. The molecule has 2 aliphatic rings. The van der Waals surface area contributed by atoms with Crippen LogP contribution in [0.4, 0.5) is 0 Å². The van der Waals surface area contributed by atoms with E-state index in [1.807, 2.05) is 13.8 Å². The molecule has 2 aliphatic carbocycles. The first-order valence-corrected chi connectivity index (χ1v) is 7.30. The van der Waals surface area contributed by atoms with Gasteiger partial charge >= 0.3 is 0 Å². The lowest BCUT2D eigenvalue weighted by atomic mass is 9.95. The average Bonchev–Trinajstić information content (AvgIpc) is 2.91. The van der Waals surface area contributed by atoms with E-state index >= 15 is 0 Å². The molecule has 0 spiro atoms. The maximum Gasteiger partial charge on any atom is 0.158 e. The van der Waals surface area contributed by atoms with E-state index in [2.05, 4.69) is 5.32 Å². The fourth-order valence-electron chi connectivity index (χ4n) is 3.47. The van der Waals surface area contributed by atoms with Crippen molar-refractivity contribution in [3.63, 3.8) is 0 Å². The first-order chi connectivity index (χ1) is 8.33. The molecule has 3 atom stereocenters. The highest BCUT2D eigenvalue weighted by atomic mass is 16.7. The van der Waals surface area contributed by atoms with Crippen molar-refractivity contribution in [2.45, 2.75) is 58.3 Å². The van der Waals surface area contributed by atoms with Crippen LogP contribution >= 0.6 is 0 Å². The van der Waals surface area contributed by atoms with E-state index in [0.29, 0.717) is 0 Å². The molecule has 0 radical (unpaired) electrons. The van der Waals surface area contributed by atoms with E-state index in [4.69, 9.17) is 9.47 Å². The molecular weight excluding hydrogens is 214 g/mol. The summed E-state index contributed by atoms with van der Waals surface area (Å²) in [7, 11) is 0. The first kappa shape index (κ1) is 13.3. The van der Waals surface area contributed by atoms with E-state index in [9.17, 15) is 0 Å². The Morgan fingerprint density at radius 2 is 1.88 bits per heavy atom. The summed E-state index contributed by atoms with van der Waals surface area (Å²) in [6.07, 6.45) is 6.74. The molecule has 0 aromatic carbocycles. The molecule has 3 nitrogen and oxygen atoms in total. The molecule has 2 rings (SSSR count). The number of hydrogen-bond acceptors (Lipinski definition) is 3. The summed E-state index contributed by atoms with van der Waals surface area (Å²) in [4.78, 5) is 0. The second-order valence-corrected chi connectivity index (χ2v) is 5.36. The van der Waals surface area contributed by atoms with Gasteiger partial charge in [-0.15, -0.1) is 0 Å². The van der Waals surface area contributed by atoms with Crippen LogP contribution in [0.2, 0.25) is 0 Å². The van der Waals surface area contributed by atoms with Crippen LogP contribution in [-0.2, 0) is 9.47 Å². The van der Waals surface area contributed by atoms with Gasteiger partial charge in [0.15, 0.2) is 6.29 Å². The van der Waals surface area contributed by atoms with Crippen LogP contribution in [0.15, 0.2) is 0 Å². The van der Waals surface area contributed by atoms with Crippen molar-refractivity contribution in [3.8, 4) is 0 Å². The Kier molecular flexibility index (Phi) is 5.26. The van der Waals surface area contributed by atoms with Crippen LogP contribution in [0.5, 0.6) is 0 Å². The molecule has 3 heteroatoms. The molecule has 2 bridgehead atoms. The van der Waals surface area contributed by atoms with Crippen molar-refractivity contribution in [1.82, 2.24) is 5.32 Å². The SMILES string of the molecule is CCOC(CCNC1CC2CCC1C2)OCC. The molecule has 100 valence electrons. The van der Waals surface area contributed by atoms with Gasteiger partial charge in [-0.05, 0) is 44.9 Å². The van der Waals surface area contributed by atoms with Crippen LogP contribution in [0.1, 0.15) is 46.0 Å². The standard InChI is InChI=1S/C14H27NO2/c1-3-16-14(17-4-2)7-8-15-13-10-11-5-6-12(13)9-11/h11-15H,3-10H2,1-2H3. The highest BCUT2D eigenvalue weighted by molar-refractivity contribution is 4.93. The maximum absolute atomic E-state index is 5.55. The lowest BCUT2D eigenvalue weighted by Crippen LogP contribution is -2.36. The van der Waals surface area contributed by atoms with Crippen molar-refractivity contribution in [1.29, 1.82) is 0 Å². The van der Waals surface area contributed by atoms with Crippen molar-refractivity contribution in [2.75, 3.05) is 19.8 Å². The molecule has 0 heterocycles. The van der Waals surface area contributed by atoms with Gasteiger partial charge in [-0.25, -0.2) is 0 Å². The van der Waals surface area contributed by atoms with E-state index in [1.165, 1.54) is 25.7 Å². The molecule has 0 amide bonds. The average molecular weight is 241 g/mol. The summed E-state index contributed by atoms with van der Waals surface area (Å²) < 4.78 is 11.1.